The van der Waals surface area contributed by atoms with Gasteiger partial charge >= 0.3 is 0 Å². The molecule has 0 atom stereocenters. The normalized spacial score (nSPS) is 11.6. The van der Waals surface area contributed by atoms with Crippen molar-refractivity contribution in [2.24, 2.45) is 16.5 Å². The van der Waals surface area contributed by atoms with Gasteiger partial charge in [-0.05, 0) is 0 Å². The Balaban J connectivity index is 3.27. The van der Waals surface area contributed by atoms with Gasteiger partial charge in [-0.25, -0.2) is 0 Å². The van der Waals surface area contributed by atoms with Gasteiger partial charge in [-0.2, -0.15) is 0 Å². The Labute approximate surface area is 71.8 Å². The number of amidine groups is 1. The molecule has 0 bridgehead atoms. The maximum Gasteiger partial charge on any atom is 0.243 e. The van der Waals surface area contributed by atoms with Crippen LogP contribution in [-0.4, -0.2) is 31.5 Å². The molecule has 1 amide bonds. The maximum atomic E-state index is 10.2. The molecule has 12 heavy (non-hydrogen) atoms. The number of rotatable bonds is 6. The summed E-state index contributed by atoms with van der Waals surface area (Å²) in [4.78, 5) is 14.1. The lowest BCUT2D eigenvalue weighted by atomic mass is 10.4. The number of carbonyl (C=O) groups is 1. The van der Waals surface area contributed by atoms with E-state index in [-0.39, 0.29) is 6.61 Å². The molecule has 0 spiro atoms. The van der Waals surface area contributed by atoms with Crippen LogP contribution in [-0.2, 0) is 9.53 Å². The molecule has 5 nitrogen and oxygen atoms in total. The van der Waals surface area contributed by atoms with Crippen LogP contribution in [0.4, 0.5) is 0 Å². The van der Waals surface area contributed by atoms with Gasteiger partial charge in [-0.15, -0.1) is 0 Å². The first-order chi connectivity index (χ1) is 5.66. The zero-order chi connectivity index (χ0) is 9.40. The number of hydrogen-bond acceptors (Lipinski definition) is 3. The summed E-state index contributed by atoms with van der Waals surface area (Å²) >= 11 is 0. The molecule has 0 aromatic carbocycles. The quantitative estimate of drug-likeness (QED) is 0.315. The molecule has 0 heterocycles. The summed E-state index contributed by atoms with van der Waals surface area (Å²) in [6.07, 6.45) is 0.732. The Kier molecular flexibility index (Phi) is 6.00. The van der Waals surface area contributed by atoms with E-state index in [4.69, 9.17) is 16.2 Å². The molecular formula is C7H15N3O2. The predicted octanol–water partition coefficient (Wildman–Crippen LogP) is -0.744. The van der Waals surface area contributed by atoms with Crippen molar-refractivity contribution in [1.29, 1.82) is 0 Å². The topological polar surface area (TPSA) is 90.7 Å². The van der Waals surface area contributed by atoms with E-state index in [1.54, 1.807) is 0 Å². The third-order valence-corrected chi connectivity index (χ3v) is 1.16. The maximum absolute atomic E-state index is 10.2. The van der Waals surface area contributed by atoms with Crippen LogP contribution in [0, 0.1) is 0 Å². The Hall–Kier alpha value is -1.10. The first-order valence-corrected chi connectivity index (χ1v) is 3.81. The second kappa shape index (κ2) is 6.60. The van der Waals surface area contributed by atoms with E-state index in [0.717, 1.165) is 6.42 Å². The minimum atomic E-state index is -0.470. The van der Waals surface area contributed by atoms with Gasteiger partial charge in [-0.1, -0.05) is 6.92 Å². The van der Waals surface area contributed by atoms with Crippen LogP contribution in [0.2, 0.25) is 0 Å². The molecule has 0 aromatic rings. The van der Waals surface area contributed by atoms with Gasteiger partial charge in [0, 0.05) is 6.42 Å². The van der Waals surface area contributed by atoms with Crippen LogP contribution in [0.25, 0.3) is 0 Å². The second-order valence-electron chi connectivity index (χ2n) is 2.25. The van der Waals surface area contributed by atoms with Crippen LogP contribution in [0.3, 0.4) is 0 Å². The number of nitrogens with zero attached hydrogens (tertiary/aromatic N) is 1. The predicted molar refractivity (Wildman–Crippen MR) is 46.8 cm³/mol. The lowest BCUT2D eigenvalue weighted by molar-refractivity contribution is -0.122. The molecule has 0 saturated carbocycles. The molecular weight excluding hydrogens is 158 g/mol. The highest BCUT2D eigenvalue weighted by Gasteiger charge is 1.92. The average Bonchev–Trinajstić information content (AvgIpc) is 2.03. The Morgan fingerprint density at radius 2 is 2.17 bits per heavy atom. The number of amides is 1. The summed E-state index contributed by atoms with van der Waals surface area (Å²) in [7, 11) is 0. The number of nitrogens with two attached hydrogens (primary N) is 2. The van der Waals surface area contributed by atoms with Crippen molar-refractivity contribution < 1.29 is 9.53 Å². The van der Waals surface area contributed by atoms with E-state index in [1.807, 2.05) is 6.92 Å². The molecule has 70 valence electrons. The van der Waals surface area contributed by atoms with Crippen LogP contribution in [0.5, 0.6) is 0 Å². The lowest BCUT2D eigenvalue weighted by Crippen LogP contribution is -2.19. The average molecular weight is 173 g/mol. The lowest BCUT2D eigenvalue weighted by Gasteiger charge is -1.98. The molecule has 0 aliphatic heterocycles. The van der Waals surface area contributed by atoms with Gasteiger partial charge < -0.3 is 16.2 Å². The summed E-state index contributed by atoms with van der Waals surface area (Å²) in [5.41, 5.74) is 10.3. The van der Waals surface area contributed by atoms with Crippen molar-refractivity contribution in [3.8, 4) is 0 Å². The zero-order valence-electron chi connectivity index (χ0n) is 7.25. The van der Waals surface area contributed by atoms with Crippen molar-refractivity contribution in [1.82, 2.24) is 0 Å². The number of carbonyl (C=O) groups excluding carboxylic acids is 1. The van der Waals surface area contributed by atoms with Gasteiger partial charge in [0.05, 0.1) is 19.0 Å². The summed E-state index contributed by atoms with van der Waals surface area (Å²) < 4.78 is 4.85. The number of ether oxygens (including phenoxy) is 1. The largest absolute Gasteiger partial charge is 0.387 e. The van der Waals surface area contributed by atoms with Crippen molar-refractivity contribution in [3.05, 3.63) is 0 Å². The molecule has 0 radical (unpaired) electrons. The Bertz CT molecular complexity index is 168. The fourth-order valence-corrected chi connectivity index (χ4v) is 0.538. The van der Waals surface area contributed by atoms with Crippen molar-refractivity contribution in [3.63, 3.8) is 0 Å². The first-order valence-electron chi connectivity index (χ1n) is 3.81. The molecule has 5 heteroatoms. The highest BCUT2D eigenvalue weighted by Crippen LogP contribution is 1.80. The third-order valence-electron chi connectivity index (χ3n) is 1.16. The summed E-state index contributed by atoms with van der Waals surface area (Å²) in [5.74, 6) is 0.125. The minimum absolute atomic E-state index is 0.0540. The van der Waals surface area contributed by atoms with Gasteiger partial charge in [0.25, 0.3) is 0 Å². The fourth-order valence-electron chi connectivity index (χ4n) is 0.538. The minimum Gasteiger partial charge on any atom is -0.387 e. The van der Waals surface area contributed by atoms with Crippen LogP contribution in [0.15, 0.2) is 4.99 Å². The van der Waals surface area contributed by atoms with Gasteiger partial charge in [0.2, 0.25) is 5.91 Å². The van der Waals surface area contributed by atoms with Gasteiger partial charge in [0.15, 0.2) is 0 Å². The Morgan fingerprint density at radius 1 is 1.50 bits per heavy atom. The number of primary amides is 1. The molecule has 0 unspecified atom stereocenters. The fraction of sp³-hybridized carbons (Fsp3) is 0.714. The SMILES string of the molecule is CCC(N)=NCCOCC(N)=O. The molecule has 0 fully saturated rings. The van der Waals surface area contributed by atoms with Crippen molar-refractivity contribution in [2.45, 2.75) is 13.3 Å². The van der Waals surface area contributed by atoms with Gasteiger partial charge in [0.1, 0.15) is 6.61 Å². The monoisotopic (exact) mass is 173 g/mol. The van der Waals surface area contributed by atoms with Crippen LogP contribution >= 0.6 is 0 Å². The highest BCUT2D eigenvalue weighted by molar-refractivity contribution is 5.79. The zero-order valence-corrected chi connectivity index (χ0v) is 7.25. The second-order valence-corrected chi connectivity index (χ2v) is 2.25. The number of hydrogen-bond donors (Lipinski definition) is 2. The van der Waals surface area contributed by atoms with E-state index < -0.39 is 5.91 Å². The molecule has 4 N–H and O–H groups in total. The summed E-state index contributed by atoms with van der Waals surface area (Å²) in [5, 5.41) is 0. The van der Waals surface area contributed by atoms with E-state index in [9.17, 15) is 4.79 Å². The molecule has 0 aliphatic carbocycles. The van der Waals surface area contributed by atoms with Crippen LogP contribution in [0.1, 0.15) is 13.3 Å². The van der Waals surface area contributed by atoms with E-state index in [0.29, 0.717) is 19.0 Å². The smallest absolute Gasteiger partial charge is 0.243 e. The summed E-state index contributed by atoms with van der Waals surface area (Å²) in [6.45, 7) is 2.72. The standard InChI is InChI=1S/C7H15N3O2/c1-2-6(8)10-3-4-12-5-7(9)11/h2-5H2,1H3,(H2,8,10)(H2,9,11). The highest BCUT2D eigenvalue weighted by atomic mass is 16.5. The molecule has 0 saturated heterocycles. The number of aliphatic imine (C=N–C) groups is 1. The molecule has 0 rings (SSSR count). The molecule has 0 aromatic heterocycles. The van der Waals surface area contributed by atoms with Crippen LogP contribution < -0.4 is 11.5 Å². The summed E-state index contributed by atoms with van der Waals surface area (Å²) in [6, 6.07) is 0. The molecule has 0 aliphatic rings. The van der Waals surface area contributed by atoms with Crippen molar-refractivity contribution in [2.75, 3.05) is 19.8 Å². The first kappa shape index (κ1) is 10.9. The van der Waals surface area contributed by atoms with Gasteiger partial charge in [-0.3, -0.25) is 9.79 Å². The van der Waals surface area contributed by atoms with E-state index in [1.165, 1.54) is 0 Å². The third kappa shape index (κ3) is 7.01. The van der Waals surface area contributed by atoms with Crippen molar-refractivity contribution >= 4 is 11.7 Å². The van der Waals surface area contributed by atoms with E-state index >= 15 is 0 Å². The van der Waals surface area contributed by atoms with E-state index in [2.05, 4.69) is 4.99 Å². The Morgan fingerprint density at radius 3 is 2.67 bits per heavy atom.